The van der Waals surface area contributed by atoms with Crippen LogP contribution in [0.15, 0.2) is 52.3 Å². The van der Waals surface area contributed by atoms with Crippen molar-refractivity contribution in [2.45, 2.75) is 9.79 Å². The van der Waals surface area contributed by atoms with Crippen LogP contribution in [-0.4, -0.2) is 15.5 Å². The molecule has 19 heavy (non-hydrogen) atoms. The van der Waals surface area contributed by atoms with E-state index in [1.54, 1.807) is 0 Å². The van der Waals surface area contributed by atoms with Gasteiger partial charge < -0.3 is 10.5 Å². The molecule has 0 aliphatic rings. The highest BCUT2D eigenvalue weighted by Crippen LogP contribution is 2.28. The van der Waals surface area contributed by atoms with Crippen LogP contribution in [0.3, 0.4) is 0 Å². The molecule has 0 spiro atoms. The average Bonchev–Trinajstić information content (AvgIpc) is 2.39. The fourth-order valence-electron chi connectivity index (χ4n) is 1.61. The van der Waals surface area contributed by atoms with Crippen LogP contribution >= 0.6 is 11.6 Å². The first-order chi connectivity index (χ1) is 8.95. The molecule has 0 saturated carbocycles. The van der Waals surface area contributed by atoms with Gasteiger partial charge in [-0.15, -0.1) is 0 Å². The molecule has 4 nitrogen and oxygen atoms in total. The van der Waals surface area contributed by atoms with Gasteiger partial charge in [-0.1, -0.05) is 11.6 Å². The highest BCUT2D eigenvalue weighted by molar-refractivity contribution is 7.91. The third-order valence-electron chi connectivity index (χ3n) is 2.64. The molecule has 2 aromatic carbocycles. The number of benzene rings is 2. The van der Waals surface area contributed by atoms with E-state index in [0.29, 0.717) is 16.5 Å². The van der Waals surface area contributed by atoms with E-state index in [-0.39, 0.29) is 9.79 Å². The topological polar surface area (TPSA) is 69.4 Å². The highest BCUT2D eigenvalue weighted by atomic mass is 35.5. The Morgan fingerprint density at radius 1 is 1.05 bits per heavy atom. The Labute approximate surface area is 116 Å². The second kappa shape index (κ2) is 5.11. The van der Waals surface area contributed by atoms with Crippen molar-refractivity contribution in [1.29, 1.82) is 0 Å². The molecule has 0 radical (unpaired) electrons. The Kier molecular flexibility index (Phi) is 3.68. The van der Waals surface area contributed by atoms with Crippen LogP contribution in [0.5, 0.6) is 5.75 Å². The number of nitrogen functional groups attached to an aromatic ring is 1. The molecule has 0 saturated heterocycles. The summed E-state index contributed by atoms with van der Waals surface area (Å²) in [7, 11) is -2.16. The molecule has 2 rings (SSSR count). The number of hydrogen-bond donors (Lipinski definition) is 1. The lowest BCUT2D eigenvalue weighted by Crippen LogP contribution is -2.03. The number of anilines is 1. The molecule has 0 bridgehead atoms. The summed E-state index contributed by atoms with van der Waals surface area (Å²) in [6.45, 7) is 0. The summed E-state index contributed by atoms with van der Waals surface area (Å²) in [4.78, 5) is 0.296. The van der Waals surface area contributed by atoms with Gasteiger partial charge in [-0.05, 0) is 36.4 Å². The fourth-order valence-corrected chi connectivity index (χ4v) is 3.01. The third kappa shape index (κ3) is 2.67. The third-order valence-corrected chi connectivity index (χ3v) is 4.66. The van der Waals surface area contributed by atoms with Crippen molar-refractivity contribution in [3.63, 3.8) is 0 Å². The van der Waals surface area contributed by atoms with Gasteiger partial charge in [0.05, 0.1) is 22.6 Å². The largest absolute Gasteiger partial charge is 0.495 e. The predicted octanol–water partition coefficient (Wildman–Crippen LogP) is 2.76. The van der Waals surface area contributed by atoms with Gasteiger partial charge in [0.15, 0.2) is 0 Å². The summed E-state index contributed by atoms with van der Waals surface area (Å²) in [6.07, 6.45) is 0. The molecule has 100 valence electrons. The lowest BCUT2D eigenvalue weighted by atomic mass is 10.3. The van der Waals surface area contributed by atoms with Gasteiger partial charge in [-0.25, -0.2) is 8.42 Å². The highest BCUT2D eigenvalue weighted by Gasteiger charge is 2.18. The number of halogens is 1. The second-order valence-corrected chi connectivity index (χ2v) is 6.25. The van der Waals surface area contributed by atoms with Crippen molar-refractivity contribution >= 4 is 27.1 Å². The maximum absolute atomic E-state index is 12.4. The Bertz CT molecular complexity index is 696. The summed E-state index contributed by atoms with van der Waals surface area (Å²) < 4.78 is 29.8. The minimum absolute atomic E-state index is 0.126. The number of ether oxygens (including phenoxy) is 1. The van der Waals surface area contributed by atoms with E-state index >= 15 is 0 Å². The lowest BCUT2D eigenvalue weighted by molar-refractivity contribution is 0.415. The number of hydrogen-bond acceptors (Lipinski definition) is 4. The first-order valence-electron chi connectivity index (χ1n) is 5.39. The number of methoxy groups -OCH3 is 1. The molecule has 0 unspecified atom stereocenters. The minimum atomic E-state index is -3.60. The standard InChI is InChI=1S/C13H12ClNO3S/c1-18-13-8-11(6-7-12(13)15)19(16,17)10-4-2-9(14)3-5-10/h2-8H,15H2,1H3. The van der Waals surface area contributed by atoms with Crippen molar-refractivity contribution in [3.8, 4) is 5.75 Å². The summed E-state index contributed by atoms with van der Waals surface area (Å²) >= 11 is 5.74. The Morgan fingerprint density at radius 2 is 1.63 bits per heavy atom. The molecule has 0 heterocycles. The van der Waals surface area contributed by atoms with Gasteiger partial charge >= 0.3 is 0 Å². The van der Waals surface area contributed by atoms with Crippen molar-refractivity contribution in [2.24, 2.45) is 0 Å². The maximum Gasteiger partial charge on any atom is 0.206 e. The van der Waals surface area contributed by atoms with Crippen molar-refractivity contribution in [2.75, 3.05) is 12.8 Å². The van der Waals surface area contributed by atoms with E-state index in [4.69, 9.17) is 22.1 Å². The molecule has 0 fully saturated rings. The zero-order valence-electron chi connectivity index (χ0n) is 10.1. The summed E-state index contributed by atoms with van der Waals surface area (Å²) in [5.74, 6) is 0.329. The Hall–Kier alpha value is -1.72. The molecule has 0 amide bonds. The fraction of sp³-hybridized carbons (Fsp3) is 0.0769. The van der Waals surface area contributed by atoms with Gasteiger partial charge in [-0.2, -0.15) is 0 Å². The van der Waals surface area contributed by atoms with Gasteiger partial charge in [0.1, 0.15) is 5.75 Å². The van der Waals surface area contributed by atoms with E-state index < -0.39 is 9.84 Å². The molecular formula is C13H12ClNO3S. The van der Waals surface area contributed by atoms with Crippen molar-refractivity contribution in [1.82, 2.24) is 0 Å². The predicted molar refractivity (Wildman–Crippen MR) is 74.3 cm³/mol. The van der Waals surface area contributed by atoms with Crippen molar-refractivity contribution in [3.05, 3.63) is 47.5 Å². The summed E-state index contributed by atoms with van der Waals surface area (Å²) in [5.41, 5.74) is 6.05. The molecule has 6 heteroatoms. The van der Waals surface area contributed by atoms with Crippen LogP contribution in [0.1, 0.15) is 0 Å². The van der Waals surface area contributed by atoms with Gasteiger partial charge in [0, 0.05) is 11.1 Å². The van der Waals surface area contributed by atoms with Crippen LogP contribution < -0.4 is 10.5 Å². The minimum Gasteiger partial charge on any atom is -0.495 e. The first kappa shape index (κ1) is 13.7. The van der Waals surface area contributed by atoms with E-state index in [1.807, 2.05) is 0 Å². The van der Waals surface area contributed by atoms with Crippen LogP contribution in [0, 0.1) is 0 Å². The van der Waals surface area contributed by atoms with Gasteiger partial charge in [0.2, 0.25) is 9.84 Å². The second-order valence-electron chi connectivity index (χ2n) is 3.86. The number of sulfone groups is 1. The Morgan fingerprint density at radius 3 is 2.21 bits per heavy atom. The number of nitrogens with two attached hydrogens (primary N) is 1. The van der Waals surface area contributed by atoms with Crippen molar-refractivity contribution < 1.29 is 13.2 Å². The van der Waals surface area contributed by atoms with Crippen LogP contribution in [0.25, 0.3) is 0 Å². The average molecular weight is 298 g/mol. The van der Waals surface area contributed by atoms with Crippen LogP contribution in [0.2, 0.25) is 5.02 Å². The molecule has 0 aromatic heterocycles. The molecule has 0 aliphatic heterocycles. The maximum atomic E-state index is 12.4. The molecule has 2 aromatic rings. The molecular weight excluding hydrogens is 286 g/mol. The molecule has 0 atom stereocenters. The van der Waals surface area contributed by atoms with Crippen LogP contribution in [0.4, 0.5) is 5.69 Å². The smallest absolute Gasteiger partial charge is 0.206 e. The monoisotopic (exact) mass is 297 g/mol. The summed E-state index contributed by atoms with van der Waals surface area (Å²) in [6, 6.07) is 10.3. The zero-order valence-corrected chi connectivity index (χ0v) is 11.7. The summed E-state index contributed by atoms with van der Waals surface area (Å²) in [5, 5.41) is 0.480. The van der Waals surface area contributed by atoms with Crippen LogP contribution in [-0.2, 0) is 9.84 Å². The lowest BCUT2D eigenvalue weighted by Gasteiger charge is -2.08. The van der Waals surface area contributed by atoms with E-state index in [2.05, 4.69) is 0 Å². The first-order valence-corrected chi connectivity index (χ1v) is 7.25. The molecule has 2 N–H and O–H groups in total. The zero-order chi connectivity index (χ0) is 14.0. The molecule has 0 aliphatic carbocycles. The SMILES string of the molecule is COc1cc(S(=O)(=O)c2ccc(Cl)cc2)ccc1N. The van der Waals surface area contributed by atoms with Gasteiger partial charge in [0.25, 0.3) is 0 Å². The number of rotatable bonds is 3. The van der Waals surface area contributed by atoms with E-state index in [9.17, 15) is 8.42 Å². The van der Waals surface area contributed by atoms with E-state index in [0.717, 1.165) is 0 Å². The Balaban J connectivity index is 2.53. The van der Waals surface area contributed by atoms with E-state index in [1.165, 1.54) is 49.6 Å². The normalized spacial score (nSPS) is 11.3. The quantitative estimate of drug-likeness (QED) is 0.885. The van der Waals surface area contributed by atoms with Gasteiger partial charge in [-0.3, -0.25) is 0 Å².